The number of hydrogen-bond acceptors (Lipinski definition) is 2. The van der Waals surface area contributed by atoms with Crippen molar-refractivity contribution in [2.24, 2.45) is 0 Å². The van der Waals surface area contributed by atoms with Crippen LogP contribution in [0.15, 0.2) is 24.3 Å². The third-order valence-corrected chi connectivity index (χ3v) is 2.48. The van der Waals surface area contributed by atoms with Crippen LogP contribution in [0.25, 0.3) is 0 Å². The lowest BCUT2D eigenvalue weighted by Crippen LogP contribution is -2.21. The summed E-state index contributed by atoms with van der Waals surface area (Å²) in [4.78, 5) is 11.5. The van der Waals surface area contributed by atoms with Gasteiger partial charge in [-0.15, -0.1) is 0 Å². The van der Waals surface area contributed by atoms with Gasteiger partial charge in [0.15, 0.2) is 0 Å². The summed E-state index contributed by atoms with van der Waals surface area (Å²) in [5.74, 6) is 0. The summed E-state index contributed by atoms with van der Waals surface area (Å²) >= 11 is 0. The fourth-order valence-electron chi connectivity index (χ4n) is 1.39. The number of aryl methyl sites for hydroxylation is 1. The molecule has 3 heteroatoms. The SMILES string of the molecule is CCC(CC)OC(=O)Nc1ccc(C)cc1. The quantitative estimate of drug-likeness (QED) is 0.841. The van der Waals surface area contributed by atoms with Gasteiger partial charge in [-0.3, -0.25) is 5.32 Å². The predicted molar refractivity (Wildman–Crippen MR) is 65.7 cm³/mol. The second kappa shape index (κ2) is 6.16. The summed E-state index contributed by atoms with van der Waals surface area (Å²) in [6, 6.07) is 7.63. The van der Waals surface area contributed by atoms with Gasteiger partial charge in [0.05, 0.1) is 0 Å². The van der Waals surface area contributed by atoms with E-state index in [1.165, 1.54) is 5.56 Å². The Morgan fingerprint density at radius 2 is 1.81 bits per heavy atom. The van der Waals surface area contributed by atoms with E-state index in [9.17, 15) is 4.79 Å². The highest BCUT2D eigenvalue weighted by Gasteiger charge is 2.09. The maximum absolute atomic E-state index is 11.5. The molecule has 0 aliphatic rings. The lowest BCUT2D eigenvalue weighted by molar-refractivity contribution is 0.106. The van der Waals surface area contributed by atoms with Crippen molar-refractivity contribution in [1.29, 1.82) is 0 Å². The van der Waals surface area contributed by atoms with Crippen LogP contribution in [0.5, 0.6) is 0 Å². The summed E-state index contributed by atoms with van der Waals surface area (Å²) in [5.41, 5.74) is 1.93. The van der Waals surface area contributed by atoms with Crippen molar-refractivity contribution in [3.8, 4) is 0 Å². The molecule has 0 aliphatic carbocycles. The second-order valence-corrected chi connectivity index (χ2v) is 3.83. The van der Waals surface area contributed by atoms with E-state index >= 15 is 0 Å². The van der Waals surface area contributed by atoms with Gasteiger partial charge < -0.3 is 4.74 Å². The Bertz CT molecular complexity index is 328. The summed E-state index contributed by atoms with van der Waals surface area (Å²) in [7, 11) is 0. The van der Waals surface area contributed by atoms with Gasteiger partial charge in [-0.2, -0.15) is 0 Å². The summed E-state index contributed by atoms with van der Waals surface area (Å²) in [6.07, 6.45) is 1.32. The standard InChI is InChI=1S/C13H19NO2/c1-4-12(5-2)16-13(15)14-11-8-6-10(3)7-9-11/h6-9,12H,4-5H2,1-3H3,(H,14,15). The van der Waals surface area contributed by atoms with Crippen LogP contribution in [-0.4, -0.2) is 12.2 Å². The second-order valence-electron chi connectivity index (χ2n) is 3.83. The Kier molecular flexibility index (Phi) is 4.83. The lowest BCUT2D eigenvalue weighted by Gasteiger charge is -2.14. The smallest absolute Gasteiger partial charge is 0.411 e. The van der Waals surface area contributed by atoms with Crippen molar-refractivity contribution in [3.63, 3.8) is 0 Å². The molecule has 1 amide bonds. The number of ether oxygens (including phenoxy) is 1. The number of carbonyl (C=O) groups excluding carboxylic acids is 1. The molecule has 1 aromatic carbocycles. The Balaban J connectivity index is 2.48. The molecule has 0 fully saturated rings. The van der Waals surface area contributed by atoms with Crippen molar-refractivity contribution < 1.29 is 9.53 Å². The highest BCUT2D eigenvalue weighted by molar-refractivity contribution is 5.84. The third-order valence-electron chi connectivity index (χ3n) is 2.48. The number of rotatable bonds is 4. The molecule has 1 aromatic rings. The number of amides is 1. The zero-order valence-electron chi connectivity index (χ0n) is 10.1. The normalized spacial score (nSPS) is 10.2. The van der Waals surface area contributed by atoms with Crippen LogP contribution < -0.4 is 5.32 Å². The molecule has 0 aliphatic heterocycles. The molecule has 1 rings (SSSR count). The van der Waals surface area contributed by atoms with E-state index in [0.717, 1.165) is 18.5 Å². The molecule has 0 heterocycles. The Morgan fingerprint density at radius 1 is 1.25 bits per heavy atom. The minimum Gasteiger partial charge on any atom is -0.446 e. The highest BCUT2D eigenvalue weighted by Crippen LogP contribution is 2.10. The average Bonchev–Trinajstić information content (AvgIpc) is 2.29. The van der Waals surface area contributed by atoms with Crippen molar-refractivity contribution in [3.05, 3.63) is 29.8 Å². The van der Waals surface area contributed by atoms with Crippen molar-refractivity contribution in [2.75, 3.05) is 5.32 Å². The first-order valence-corrected chi connectivity index (χ1v) is 5.70. The van der Waals surface area contributed by atoms with Crippen LogP contribution in [0.2, 0.25) is 0 Å². The van der Waals surface area contributed by atoms with Gasteiger partial charge in [0.2, 0.25) is 0 Å². The first-order valence-electron chi connectivity index (χ1n) is 5.70. The van der Waals surface area contributed by atoms with Gasteiger partial charge in [-0.25, -0.2) is 4.79 Å². The summed E-state index contributed by atoms with van der Waals surface area (Å²) < 4.78 is 5.23. The van der Waals surface area contributed by atoms with E-state index in [1.54, 1.807) is 0 Å². The van der Waals surface area contributed by atoms with Gasteiger partial charge >= 0.3 is 6.09 Å². The van der Waals surface area contributed by atoms with Crippen LogP contribution >= 0.6 is 0 Å². The number of hydrogen-bond donors (Lipinski definition) is 1. The minimum absolute atomic E-state index is 0.00504. The predicted octanol–water partition coefficient (Wildman–Crippen LogP) is 3.73. The van der Waals surface area contributed by atoms with Crippen molar-refractivity contribution >= 4 is 11.8 Å². The van der Waals surface area contributed by atoms with Crippen molar-refractivity contribution in [1.82, 2.24) is 0 Å². The third kappa shape index (κ3) is 3.93. The van der Waals surface area contributed by atoms with Crippen LogP contribution in [0.3, 0.4) is 0 Å². The molecule has 0 atom stereocenters. The number of carbonyl (C=O) groups is 1. The molecular formula is C13H19NO2. The van der Waals surface area contributed by atoms with E-state index in [2.05, 4.69) is 5.32 Å². The number of anilines is 1. The van der Waals surface area contributed by atoms with Crippen LogP contribution in [0, 0.1) is 6.92 Å². The zero-order chi connectivity index (χ0) is 12.0. The van der Waals surface area contributed by atoms with Gasteiger partial charge in [0.25, 0.3) is 0 Å². The van der Waals surface area contributed by atoms with E-state index in [0.29, 0.717) is 0 Å². The van der Waals surface area contributed by atoms with Gasteiger partial charge in [-0.05, 0) is 31.9 Å². The zero-order valence-corrected chi connectivity index (χ0v) is 10.1. The molecule has 1 N–H and O–H groups in total. The average molecular weight is 221 g/mol. The van der Waals surface area contributed by atoms with Crippen LogP contribution in [0.1, 0.15) is 32.3 Å². The largest absolute Gasteiger partial charge is 0.446 e. The minimum atomic E-state index is -0.377. The molecule has 88 valence electrons. The lowest BCUT2D eigenvalue weighted by atomic mass is 10.2. The van der Waals surface area contributed by atoms with E-state index < -0.39 is 0 Å². The van der Waals surface area contributed by atoms with Crippen molar-refractivity contribution in [2.45, 2.75) is 39.7 Å². The molecule has 0 aromatic heterocycles. The molecule has 0 radical (unpaired) electrons. The Morgan fingerprint density at radius 3 is 2.31 bits per heavy atom. The molecule has 0 bridgehead atoms. The molecule has 16 heavy (non-hydrogen) atoms. The summed E-state index contributed by atoms with van der Waals surface area (Å²) in [5, 5.41) is 2.71. The molecule has 0 spiro atoms. The first-order chi connectivity index (χ1) is 7.65. The maximum atomic E-state index is 11.5. The maximum Gasteiger partial charge on any atom is 0.411 e. The fourth-order valence-corrected chi connectivity index (χ4v) is 1.39. The first kappa shape index (κ1) is 12.6. The van der Waals surface area contributed by atoms with Crippen LogP contribution in [0.4, 0.5) is 10.5 Å². The monoisotopic (exact) mass is 221 g/mol. The van der Waals surface area contributed by atoms with Gasteiger partial charge in [-0.1, -0.05) is 31.5 Å². The molecule has 0 saturated heterocycles. The molecule has 3 nitrogen and oxygen atoms in total. The number of nitrogens with one attached hydrogen (secondary N) is 1. The molecular weight excluding hydrogens is 202 g/mol. The van der Waals surface area contributed by atoms with Gasteiger partial charge in [0.1, 0.15) is 6.10 Å². The van der Waals surface area contributed by atoms with Crippen LogP contribution in [-0.2, 0) is 4.74 Å². The molecule has 0 saturated carbocycles. The number of benzene rings is 1. The Hall–Kier alpha value is -1.51. The van der Waals surface area contributed by atoms with E-state index in [4.69, 9.17) is 4.74 Å². The fraction of sp³-hybridized carbons (Fsp3) is 0.462. The van der Waals surface area contributed by atoms with E-state index in [1.807, 2.05) is 45.0 Å². The van der Waals surface area contributed by atoms with E-state index in [-0.39, 0.29) is 12.2 Å². The van der Waals surface area contributed by atoms with Gasteiger partial charge in [0, 0.05) is 5.69 Å². The Labute approximate surface area is 96.8 Å². The summed E-state index contributed by atoms with van der Waals surface area (Å²) in [6.45, 7) is 6.02. The topological polar surface area (TPSA) is 38.3 Å². The highest BCUT2D eigenvalue weighted by atomic mass is 16.6. The molecule has 0 unspecified atom stereocenters.